The molecule has 0 spiro atoms. The molecule has 24 heavy (non-hydrogen) atoms. The number of nitrogens with zero attached hydrogens (tertiary/aromatic N) is 1. The van der Waals surface area contributed by atoms with Crippen molar-refractivity contribution in [3.63, 3.8) is 0 Å². The van der Waals surface area contributed by atoms with Gasteiger partial charge in [-0.2, -0.15) is 0 Å². The minimum absolute atomic E-state index is 0.0259. The minimum Gasteiger partial charge on any atom is -0.326 e. The summed E-state index contributed by atoms with van der Waals surface area (Å²) in [6.45, 7) is 2.59. The fourth-order valence-electron chi connectivity index (χ4n) is 2.74. The summed E-state index contributed by atoms with van der Waals surface area (Å²) in [5.74, 6) is -0.263. The third-order valence-corrected chi connectivity index (χ3v) is 4.14. The summed E-state index contributed by atoms with van der Waals surface area (Å²) in [6, 6.07) is 17.4. The molecule has 1 fully saturated rings. The van der Waals surface area contributed by atoms with Crippen LogP contribution in [0.25, 0.3) is 0 Å². The van der Waals surface area contributed by atoms with E-state index in [1.807, 2.05) is 66.5 Å². The van der Waals surface area contributed by atoms with Crippen molar-refractivity contribution >= 4 is 23.2 Å². The molecular formula is C19H21N3O2. The Morgan fingerprint density at radius 2 is 1.88 bits per heavy atom. The van der Waals surface area contributed by atoms with Gasteiger partial charge in [0, 0.05) is 12.1 Å². The van der Waals surface area contributed by atoms with Crippen molar-refractivity contribution in [1.29, 1.82) is 0 Å². The van der Waals surface area contributed by atoms with Crippen LogP contribution in [0.3, 0.4) is 0 Å². The van der Waals surface area contributed by atoms with Crippen LogP contribution in [-0.2, 0) is 9.59 Å². The number of carbonyl (C=O) groups excluding carboxylic acids is 2. The molecule has 5 heteroatoms. The Labute approximate surface area is 141 Å². The second kappa shape index (κ2) is 7.17. The van der Waals surface area contributed by atoms with E-state index in [9.17, 15) is 9.59 Å². The molecule has 1 unspecified atom stereocenters. The number of anilines is 2. The summed E-state index contributed by atoms with van der Waals surface area (Å²) in [7, 11) is 0. The predicted octanol–water partition coefficient (Wildman–Crippen LogP) is 2.88. The van der Waals surface area contributed by atoms with Gasteiger partial charge in [0.2, 0.25) is 11.8 Å². The van der Waals surface area contributed by atoms with Gasteiger partial charge in [-0.1, -0.05) is 35.9 Å². The largest absolute Gasteiger partial charge is 0.326 e. The van der Waals surface area contributed by atoms with Gasteiger partial charge in [0.15, 0.2) is 0 Å². The highest BCUT2D eigenvalue weighted by molar-refractivity contribution is 5.91. The lowest BCUT2D eigenvalue weighted by Gasteiger charge is -2.17. The Hall–Kier alpha value is -2.82. The van der Waals surface area contributed by atoms with Gasteiger partial charge in [0.05, 0.1) is 18.2 Å². The van der Waals surface area contributed by atoms with Crippen LogP contribution in [0.5, 0.6) is 0 Å². The van der Waals surface area contributed by atoms with Gasteiger partial charge in [-0.25, -0.2) is 0 Å². The Balaban J connectivity index is 1.50. The first-order chi connectivity index (χ1) is 11.6. The van der Waals surface area contributed by atoms with Gasteiger partial charge in [-0.15, -0.1) is 0 Å². The molecule has 1 aliphatic rings. The monoisotopic (exact) mass is 323 g/mol. The molecule has 1 saturated heterocycles. The maximum atomic E-state index is 12.1. The van der Waals surface area contributed by atoms with Crippen LogP contribution in [0.15, 0.2) is 54.6 Å². The fourth-order valence-corrected chi connectivity index (χ4v) is 2.74. The quantitative estimate of drug-likeness (QED) is 0.889. The van der Waals surface area contributed by atoms with Crippen LogP contribution < -0.4 is 15.8 Å². The Morgan fingerprint density at radius 1 is 1.17 bits per heavy atom. The van der Waals surface area contributed by atoms with E-state index in [2.05, 4.69) is 10.7 Å². The summed E-state index contributed by atoms with van der Waals surface area (Å²) in [4.78, 5) is 24.1. The van der Waals surface area contributed by atoms with E-state index in [4.69, 9.17) is 0 Å². The normalized spacial score (nSPS) is 16.8. The molecule has 2 N–H and O–H groups in total. The third-order valence-electron chi connectivity index (χ3n) is 4.14. The number of aryl methyl sites for hydroxylation is 1. The number of hydrazine groups is 1. The SMILES string of the molecule is Cc1ccc(NC(=O)CCC2CN(c3ccccc3)NC2=O)cc1. The maximum absolute atomic E-state index is 12.1. The van der Waals surface area contributed by atoms with E-state index in [0.29, 0.717) is 19.4 Å². The molecule has 0 saturated carbocycles. The lowest BCUT2D eigenvalue weighted by molar-refractivity contribution is -0.122. The molecule has 0 radical (unpaired) electrons. The zero-order chi connectivity index (χ0) is 16.9. The van der Waals surface area contributed by atoms with Gasteiger partial charge in [-0.05, 0) is 37.6 Å². The topological polar surface area (TPSA) is 61.4 Å². The zero-order valence-electron chi connectivity index (χ0n) is 13.7. The number of hydrogen-bond donors (Lipinski definition) is 2. The van der Waals surface area contributed by atoms with E-state index in [1.54, 1.807) is 0 Å². The van der Waals surface area contributed by atoms with Crippen molar-refractivity contribution < 1.29 is 9.59 Å². The highest BCUT2D eigenvalue weighted by atomic mass is 16.2. The van der Waals surface area contributed by atoms with Crippen LogP contribution >= 0.6 is 0 Å². The van der Waals surface area contributed by atoms with Gasteiger partial charge < -0.3 is 5.32 Å². The molecule has 2 aromatic carbocycles. The second-order valence-corrected chi connectivity index (χ2v) is 6.07. The number of rotatable bonds is 5. The number of amides is 2. The van der Waals surface area contributed by atoms with Crippen molar-refractivity contribution in [3.8, 4) is 0 Å². The number of nitrogens with one attached hydrogen (secondary N) is 2. The smallest absolute Gasteiger partial charge is 0.243 e. The molecule has 0 aliphatic carbocycles. The summed E-state index contributed by atoms with van der Waals surface area (Å²) in [5.41, 5.74) is 5.75. The lowest BCUT2D eigenvalue weighted by Crippen LogP contribution is -2.32. The molecule has 0 bridgehead atoms. The van der Waals surface area contributed by atoms with Crippen LogP contribution in [0.1, 0.15) is 18.4 Å². The van der Waals surface area contributed by atoms with Crippen molar-refractivity contribution in [2.24, 2.45) is 5.92 Å². The molecule has 1 aliphatic heterocycles. The molecule has 2 aromatic rings. The van der Waals surface area contributed by atoms with E-state index < -0.39 is 0 Å². The summed E-state index contributed by atoms with van der Waals surface area (Å²) >= 11 is 0. The van der Waals surface area contributed by atoms with Gasteiger partial charge in [0.1, 0.15) is 0 Å². The van der Waals surface area contributed by atoms with Crippen LogP contribution in [-0.4, -0.2) is 18.4 Å². The standard InChI is InChI=1S/C19H21N3O2/c1-14-7-10-16(11-8-14)20-18(23)12-9-15-13-22(21-19(15)24)17-5-3-2-4-6-17/h2-8,10-11,15H,9,12-13H2,1H3,(H,20,23)(H,21,24). The van der Waals surface area contributed by atoms with Crippen molar-refractivity contribution in [2.45, 2.75) is 19.8 Å². The van der Waals surface area contributed by atoms with Crippen LogP contribution in [0.4, 0.5) is 11.4 Å². The van der Waals surface area contributed by atoms with Gasteiger partial charge in [0.25, 0.3) is 0 Å². The number of para-hydroxylation sites is 1. The number of benzene rings is 2. The predicted molar refractivity (Wildman–Crippen MR) is 94.5 cm³/mol. The molecule has 5 nitrogen and oxygen atoms in total. The highest BCUT2D eigenvalue weighted by Gasteiger charge is 2.30. The van der Waals surface area contributed by atoms with Gasteiger partial charge in [-0.3, -0.25) is 20.0 Å². The zero-order valence-corrected chi connectivity index (χ0v) is 13.7. The molecule has 3 rings (SSSR count). The number of carbonyl (C=O) groups is 2. The van der Waals surface area contributed by atoms with Crippen LogP contribution in [0.2, 0.25) is 0 Å². The van der Waals surface area contributed by atoms with Crippen molar-refractivity contribution in [3.05, 3.63) is 60.2 Å². The Bertz CT molecular complexity index is 713. The second-order valence-electron chi connectivity index (χ2n) is 6.07. The van der Waals surface area contributed by atoms with E-state index in [0.717, 1.165) is 16.9 Å². The average Bonchev–Trinajstić information content (AvgIpc) is 2.97. The first-order valence-electron chi connectivity index (χ1n) is 8.11. The molecule has 0 aromatic heterocycles. The first-order valence-corrected chi connectivity index (χ1v) is 8.11. The van der Waals surface area contributed by atoms with Crippen molar-refractivity contribution in [2.75, 3.05) is 16.9 Å². The Morgan fingerprint density at radius 3 is 2.58 bits per heavy atom. The van der Waals surface area contributed by atoms with Crippen molar-refractivity contribution in [1.82, 2.24) is 5.43 Å². The van der Waals surface area contributed by atoms with Crippen LogP contribution in [0, 0.1) is 12.8 Å². The summed E-state index contributed by atoms with van der Waals surface area (Å²) in [5, 5.41) is 4.70. The lowest BCUT2D eigenvalue weighted by atomic mass is 10.0. The van der Waals surface area contributed by atoms with E-state index >= 15 is 0 Å². The number of hydrogen-bond acceptors (Lipinski definition) is 3. The maximum Gasteiger partial charge on any atom is 0.243 e. The first kappa shape index (κ1) is 16.1. The third kappa shape index (κ3) is 3.93. The Kier molecular flexibility index (Phi) is 4.79. The molecular weight excluding hydrogens is 302 g/mol. The fraction of sp³-hybridized carbons (Fsp3) is 0.263. The molecule has 1 heterocycles. The highest BCUT2D eigenvalue weighted by Crippen LogP contribution is 2.21. The van der Waals surface area contributed by atoms with Gasteiger partial charge >= 0.3 is 0 Å². The summed E-state index contributed by atoms with van der Waals surface area (Å²) in [6.07, 6.45) is 0.863. The van der Waals surface area contributed by atoms with E-state index in [1.165, 1.54) is 0 Å². The van der Waals surface area contributed by atoms with E-state index in [-0.39, 0.29) is 17.7 Å². The molecule has 124 valence electrons. The molecule has 2 amide bonds. The average molecular weight is 323 g/mol. The summed E-state index contributed by atoms with van der Waals surface area (Å²) < 4.78 is 0. The molecule has 1 atom stereocenters. The minimum atomic E-state index is -0.172.